The number of hydrogen-bond acceptors (Lipinski definition) is 2. The Morgan fingerprint density at radius 1 is 1.35 bits per heavy atom. The van der Waals surface area contributed by atoms with Gasteiger partial charge in [-0.1, -0.05) is 20.8 Å². The molecule has 0 spiro atoms. The topological polar surface area (TPSA) is 15.3 Å². The molecule has 1 N–H and O–H groups in total. The molecule has 1 atom stereocenters. The maximum Gasteiger partial charge on any atom is 0.0192 e. The van der Waals surface area contributed by atoms with E-state index in [1.165, 1.54) is 32.4 Å². The molecule has 0 aromatic carbocycles. The quantitative estimate of drug-likeness (QED) is 0.793. The third kappa shape index (κ3) is 4.97. The minimum absolute atomic E-state index is 0.277. The highest BCUT2D eigenvalue weighted by molar-refractivity contribution is 4.85. The lowest BCUT2D eigenvalue weighted by Gasteiger charge is -2.42. The molecule has 0 aromatic rings. The van der Waals surface area contributed by atoms with Crippen LogP contribution in [0.4, 0.5) is 0 Å². The van der Waals surface area contributed by atoms with E-state index < -0.39 is 0 Å². The second-order valence-electron chi connectivity index (χ2n) is 7.21. The van der Waals surface area contributed by atoms with Crippen molar-refractivity contribution in [1.82, 2.24) is 10.2 Å². The van der Waals surface area contributed by atoms with Crippen LogP contribution in [0.2, 0.25) is 0 Å². The SMILES string of the molecule is CCC(C)(C)NCC(C)N1CCCC(C)(C)C1. The van der Waals surface area contributed by atoms with Gasteiger partial charge in [0.2, 0.25) is 0 Å². The molecule has 1 unspecified atom stereocenters. The fraction of sp³-hybridized carbons (Fsp3) is 1.00. The van der Waals surface area contributed by atoms with E-state index in [1.807, 2.05) is 0 Å². The molecule has 0 aliphatic carbocycles. The summed E-state index contributed by atoms with van der Waals surface area (Å²) in [5, 5.41) is 3.69. The predicted molar refractivity (Wildman–Crippen MR) is 76.4 cm³/mol. The van der Waals surface area contributed by atoms with Gasteiger partial charge < -0.3 is 5.32 Å². The summed E-state index contributed by atoms with van der Waals surface area (Å²) in [6, 6.07) is 0.653. The first-order valence-electron chi connectivity index (χ1n) is 7.25. The number of rotatable bonds is 5. The molecule has 102 valence electrons. The standard InChI is InChI=1S/C15H32N2/c1-7-15(5,6)16-11-13(2)17-10-8-9-14(3,4)12-17/h13,16H,7-12H2,1-6H3. The van der Waals surface area contributed by atoms with Gasteiger partial charge in [0.05, 0.1) is 0 Å². The number of piperidine rings is 1. The Morgan fingerprint density at radius 3 is 2.53 bits per heavy atom. The zero-order chi connectivity index (χ0) is 13.1. The van der Waals surface area contributed by atoms with Crippen LogP contribution in [-0.2, 0) is 0 Å². The highest BCUT2D eigenvalue weighted by Crippen LogP contribution is 2.29. The van der Waals surface area contributed by atoms with Gasteiger partial charge in [-0.3, -0.25) is 4.90 Å². The van der Waals surface area contributed by atoms with Crippen molar-refractivity contribution in [3.63, 3.8) is 0 Å². The second kappa shape index (κ2) is 5.71. The fourth-order valence-corrected chi connectivity index (χ4v) is 2.52. The van der Waals surface area contributed by atoms with Gasteiger partial charge in [0.15, 0.2) is 0 Å². The molecule has 1 aliphatic heterocycles. The Kier molecular flexibility index (Phi) is 5.03. The van der Waals surface area contributed by atoms with Crippen LogP contribution in [0.1, 0.15) is 60.8 Å². The smallest absolute Gasteiger partial charge is 0.0192 e. The van der Waals surface area contributed by atoms with Crippen LogP contribution in [0, 0.1) is 5.41 Å². The van der Waals surface area contributed by atoms with Crippen LogP contribution >= 0.6 is 0 Å². The molecule has 0 radical (unpaired) electrons. The summed E-state index contributed by atoms with van der Waals surface area (Å²) in [5.41, 5.74) is 0.784. The Morgan fingerprint density at radius 2 is 2.00 bits per heavy atom. The van der Waals surface area contributed by atoms with Crippen molar-refractivity contribution in [2.75, 3.05) is 19.6 Å². The zero-order valence-corrected chi connectivity index (χ0v) is 12.8. The summed E-state index contributed by atoms with van der Waals surface area (Å²) in [6.45, 7) is 17.6. The van der Waals surface area contributed by atoms with Gasteiger partial charge in [0.25, 0.3) is 0 Å². The van der Waals surface area contributed by atoms with Crippen LogP contribution in [-0.4, -0.2) is 36.1 Å². The molecule has 2 nitrogen and oxygen atoms in total. The van der Waals surface area contributed by atoms with Gasteiger partial charge in [0.1, 0.15) is 0 Å². The minimum atomic E-state index is 0.277. The van der Waals surface area contributed by atoms with Crippen LogP contribution in [0.15, 0.2) is 0 Å². The van der Waals surface area contributed by atoms with Crippen LogP contribution < -0.4 is 5.32 Å². The average molecular weight is 240 g/mol. The fourth-order valence-electron chi connectivity index (χ4n) is 2.52. The van der Waals surface area contributed by atoms with Crippen molar-refractivity contribution in [1.29, 1.82) is 0 Å². The van der Waals surface area contributed by atoms with E-state index >= 15 is 0 Å². The molecule has 1 rings (SSSR count). The van der Waals surface area contributed by atoms with Crippen molar-refractivity contribution in [2.45, 2.75) is 72.4 Å². The molecule has 17 heavy (non-hydrogen) atoms. The van der Waals surface area contributed by atoms with E-state index in [1.54, 1.807) is 0 Å². The van der Waals surface area contributed by atoms with Gasteiger partial charge >= 0.3 is 0 Å². The highest BCUT2D eigenvalue weighted by atomic mass is 15.2. The molecule has 0 bridgehead atoms. The summed E-state index contributed by atoms with van der Waals surface area (Å²) >= 11 is 0. The van der Waals surface area contributed by atoms with Gasteiger partial charge in [-0.2, -0.15) is 0 Å². The van der Waals surface area contributed by atoms with Gasteiger partial charge in [-0.05, 0) is 52.0 Å². The lowest BCUT2D eigenvalue weighted by atomic mass is 9.83. The molecule has 0 amide bonds. The number of nitrogens with one attached hydrogen (secondary N) is 1. The van der Waals surface area contributed by atoms with Gasteiger partial charge in [0, 0.05) is 24.7 Å². The van der Waals surface area contributed by atoms with Gasteiger partial charge in [-0.15, -0.1) is 0 Å². The van der Waals surface area contributed by atoms with E-state index in [-0.39, 0.29) is 5.54 Å². The summed E-state index contributed by atoms with van der Waals surface area (Å²) in [4.78, 5) is 2.66. The van der Waals surface area contributed by atoms with Crippen molar-refractivity contribution in [3.05, 3.63) is 0 Å². The monoisotopic (exact) mass is 240 g/mol. The summed E-state index contributed by atoms with van der Waals surface area (Å²) in [7, 11) is 0. The van der Waals surface area contributed by atoms with E-state index in [9.17, 15) is 0 Å². The van der Waals surface area contributed by atoms with E-state index in [0.717, 1.165) is 6.54 Å². The van der Waals surface area contributed by atoms with Crippen molar-refractivity contribution < 1.29 is 0 Å². The molecular formula is C15H32N2. The van der Waals surface area contributed by atoms with Crippen LogP contribution in [0.3, 0.4) is 0 Å². The summed E-state index contributed by atoms with van der Waals surface area (Å²) in [5.74, 6) is 0. The Hall–Kier alpha value is -0.0800. The molecule has 1 saturated heterocycles. The molecule has 1 aliphatic rings. The largest absolute Gasteiger partial charge is 0.310 e. The molecular weight excluding hydrogens is 208 g/mol. The summed E-state index contributed by atoms with van der Waals surface area (Å²) in [6.07, 6.45) is 3.92. The van der Waals surface area contributed by atoms with Crippen molar-refractivity contribution >= 4 is 0 Å². The average Bonchev–Trinajstić information content (AvgIpc) is 2.24. The van der Waals surface area contributed by atoms with Crippen LogP contribution in [0.25, 0.3) is 0 Å². The predicted octanol–water partition coefficient (Wildman–Crippen LogP) is 3.28. The highest BCUT2D eigenvalue weighted by Gasteiger charge is 2.29. The first kappa shape index (κ1) is 15.0. The normalized spacial score (nSPS) is 23.6. The lowest BCUT2D eigenvalue weighted by Crippen LogP contribution is -2.51. The minimum Gasteiger partial charge on any atom is -0.310 e. The molecule has 1 fully saturated rings. The summed E-state index contributed by atoms with van der Waals surface area (Å²) < 4.78 is 0. The number of nitrogens with zero attached hydrogens (tertiary/aromatic N) is 1. The Balaban J connectivity index is 2.40. The zero-order valence-electron chi connectivity index (χ0n) is 12.8. The first-order valence-corrected chi connectivity index (χ1v) is 7.25. The maximum absolute atomic E-state index is 3.69. The van der Waals surface area contributed by atoms with Crippen molar-refractivity contribution in [3.8, 4) is 0 Å². The second-order valence-corrected chi connectivity index (χ2v) is 7.21. The molecule has 0 saturated carbocycles. The van der Waals surface area contributed by atoms with E-state index in [4.69, 9.17) is 0 Å². The Labute approximate surface area is 108 Å². The Bertz CT molecular complexity index is 233. The molecule has 2 heteroatoms. The third-order valence-corrected chi connectivity index (χ3v) is 4.31. The van der Waals surface area contributed by atoms with E-state index in [0.29, 0.717) is 11.5 Å². The molecule has 0 aromatic heterocycles. The number of hydrogen-bond donors (Lipinski definition) is 1. The molecule has 1 heterocycles. The first-order chi connectivity index (χ1) is 7.76. The third-order valence-electron chi connectivity index (χ3n) is 4.31. The van der Waals surface area contributed by atoms with E-state index in [2.05, 4.69) is 51.8 Å². The van der Waals surface area contributed by atoms with Gasteiger partial charge in [-0.25, -0.2) is 0 Å². The number of likely N-dealkylation sites (tertiary alicyclic amines) is 1. The maximum atomic E-state index is 3.69. The van der Waals surface area contributed by atoms with Crippen molar-refractivity contribution in [2.24, 2.45) is 5.41 Å². The lowest BCUT2D eigenvalue weighted by molar-refractivity contribution is 0.0810. The van der Waals surface area contributed by atoms with Crippen LogP contribution in [0.5, 0.6) is 0 Å².